The fourth-order valence-corrected chi connectivity index (χ4v) is 2.62. The first kappa shape index (κ1) is 15.0. The molecule has 4 heteroatoms. The summed E-state index contributed by atoms with van der Waals surface area (Å²) in [6, 6.07) is 12.5. The van der Waals surface area contributed by atoms with Gasteiger partial charge in [-0.2, -0.15) is 0 Å². The van der Waals surface area contributed by atoms with E-state index < -0.39 is 0 Å². The summed E-state index contributed by atoms with van der Waals surface area (Å²) in [7, 11) is 1.93. The second kappa shape index (κ2) is 6.37. The Morgan fingerprint density at radius 1 is 1.25 bits per heavy atom. The van der Waals surface area contributed by atoms with E-state index in [1.54, 1.807) is 12.1 Å². The molecule has 0 aliphatic heterocycles. The van der Waals surface area contributed by atoms with Crippen LogP contribution in [0.3, 0.4) is 0 Å². The Morgan fingerprint density at radius 2 is 1.95 bits per heavy atom. The van der Waals surface area contributed by atoms with Gasteiger partial charge >= 0.3 is 0 Å². The molecule has 0 aromatic heterocycles. The van der Waals surface area contributed by atoms with Crippen molar-refractivity contribution in [2.45, 2.75) is 19.6 Å². The number of hydrogen-bond donors (Lipinski definition) is 1. The molecule has 0 heterocycles. The van der Waals surface area contributed by atoms with Crippen molar-refractivity contribution in [3.63, 3.8) is 0 Å². The average Bonchev–Trinajstić information content (AvgIpc) is 2.46. The van der Waals surface area contributed by atoms with Crippen molar-refractivity contribution >= 4 is 21.6 Å². The SMILES string of the molecule is CC(c1ccccc1F)N(C)c1ccc(CO)c(Br)c1. The van der Waals surface area contributed by atoms with E-state index >= 15 is 0 Å². The van der Waals surface area contributed by atoms with Gasteiger partial charge in [0.2, 0.25) is 0 Å². The third kappa shape index (κ3) is 3.02. The highest BCUT2D eigenvalue weighted by Crippen LogP contribution is 2.30. The zero-order valence-corrected chi connectivity index (χ0v) is 13.1. The molecular formula is C16H17BrFNO. The average molecular weight is 338 g/mol. The topological polar surface area (TPSA) is 23.5 Å². The molecule has 1 atom stereocenters. The maximum Gasteiger partial charge on any atom is 0.128 e. The molecule has 0 bridgehead atoms. The van der Waals surface area contributed by atoms with E-state index in [2.05, 4.69) is 15.9 Å². The number of hydrogen-bond acceptors (Lipinski definition) is 2. The zero-order valence-electron chi connectivity index (χ0n) is 11.5. The molecule has 2 aromatic carbocycles. The Morgan fingerprint density at radius 3 is 2.55 bits per heavy atom. The lowest BCUT2D eigenvalue weighted by Gasteiger charge is -2.28. The predicted molar refractivity (Wildman–Crippen MR) is 83.3 cm³/mol. The summed E-state index contributed by atoms with van der Waals surface area (Å²) in [5.74, 6) is -0.196. The summed E-state index contributed by atoms with van der Waals surface area (Å²) in [6.07, 6.45) is 0. The second-order valence-corrected chi connectivity index (χ2v) is 5.60. The van der Waals surface area contributed by atoms with Crippen LogP contribution >= 0.6 is 15.9 Å². The lowest BCUT2D eigenvalue weighted by molar-refractivity contribution is 0.281. The number of benzene rings is 2. The van der Waals surface area contributed by atoms with Gasteiger partial charge in [0.1, 0.15) is 5.82 Å². The van der Waals surface area contributed by atoms with Crippen molar-refractivity contribution in [1.29, 1.82) is 0 Å². The van der Waals surface area contributed by atoms with E-state index in [1.165, 1.54) is 6.07 Å². The molecule has 20 heavy (non-hydrogen) atoms. The van der Waals surface area contributed by atoms with E-state index in [9.17, 15) is 9.50 Å². The molecule has 0 aliphatic carbocycles. The molecule has 0 radical (unpaired) electrons. The Hall–Kier alpha value is -1.39. The molecule has 2 rings (SSSR count). The minimum Gasteiger partial charge on any atom is -0.392 e. The molecule has 0 fully saturated rings. The Labute approximate surface area is 127 Å². The quantitative estimate of drug-likeness (QED) is 0.900. The van der Waals surface area contributed by atoms with Crippen molar-refractivity contribution in [1.82, 2.24) is 0 Å². The Bertz CT molecular complexity index is 603. The van der Waals surface area contributed by atoms with Crippen LogP contribution in [0.25, 0.3) is 0 Å². The molecule has 2 aromatic rings. The molecule has 106 valence electrons. The molecule has 0 amide bonds. The molecule has 0 saturated heterocycles. The van der Waals surface area contributed by atoms with Crippen LogP contribution in [0.2, 0.25) is 0 Å². The molecule has 0 spiro atoms. The van der Waals surface area contributed by atoms with Gasteiger partial charge in [-0.1, -0.05) is 40.2 Å². The van der Waals surface area contributed by atoms with Gasteiger partial charge in [0, 0.05) is 22.8 Å². The van der Waals surface area contributed by atoms with Crippen LogP contribution in [0.4, 0.5) is 10.1 Å². The summed E-state index contributed by atoms with van der Waals surface area (Å²) in [5.41, 5.74) is 2.46. The van der Waals surface area contributed by atoms with Gasteiger partial charge in [-0.15, -0.1) is 0 Å². The van der Waals surface area contributed by atoms with Crippen LogP contribution in [0.1, 0.15) is 24.1 Å². The summed E-state index contributed by atoms with van der Waals surface area (Å²) in [6.45, 7) is 1.96. The summed E-state index contributed by atoms with van der Waals surface area (Å²) >= 11 is 3.43. The van der Waals surface area contributed by atoms with Crippen LogP contribution in [0.5, 0.6) is 0 Å². The van der Waals surface area contributed by atoms with Crippen molar-refractivity contribution < 1.29 is 9.50 Å². The highest BCUT2D eigenvalue weighted by atomic mass is 79.9. The minimum absolute atomic E-state index is 0.00650. The van der Waals surface area contributed by atoms with Crippen LogP contribution in [-0.4, -0.2) is 12.2 Å². The highest BCUT2D eigenvalue weighted by Gasteiger charge is 2.16. The third-order valence-corrected chi connectivity index (χ3v) is 4.29. The molecule has 0 aliphatic rings. The van der Waals surface area contributed by atoms with E-state index in [1.807, 2.05) is 43.1 Å². The second-order valence-electron chi connectivity index (χ2n) is 4.74. The van der Waals surface area contributed by atoms with E-state index in [0.717, 1.165) is 15.7 Å². The largest absolute Gasteiger partial charge is 0.392 e. The van der Waals surface area contributed by atoms with Gasteiger partial charge in [0.15, 0.2) is 0 Å². The van der Waals surface area contributed by atoms with Crippen molar-refractivity contribution in [2.24, 2.45) is 0 Å². The maximum absolute atomic E-state index is 13.8. The minimum atomic E-state index is -0.196. The van der Waals surface area contributed by atoms with Crippen molar-refractivity contribution in [3.05, 3.63) is 63.9 Å². The fraction of sp³-hybridized carbons (Fsp3) is 0.250. The number of rotatable bonds is 4. The summed E-state index contributed by atoms with van der Waals surface area (Å²) in [4.78, 5) is 2.00. The molecule has 2 nitrogen and oxygen atoms in total. The smallest absolute Gasteiger partial charge is 0.128 e. The zero-order chi connectivity index (χ0) is 14.7. The molecule has 0 saturated carbocycles. The molecule has 1 unspecified atom stereocenters. The van der Waals surface area contributed by atoms with Crippen molar-refractivity contribution in [3.8, 4) is 0 Å². The summed E-state index contributed by atoms with van der Waals surface area (Å²) < 4.78 is 14.7. The van der Waals surface area contributed by atoms with Crippen LogP contribution < -0.4 is 4.90 Å². The van der Waals surface area contributed by atoms with Gasteiger partial charge in [-0.25, -0.2) is 4.39 Å². The summed E-state index contributed by atoms with van der Waals surface area (Å²) in [5, 5.41) is 9.18. The lowest BCUT2D eigenvalue weighted by atomic mass is 10.1. The van der Waals surface area contributed by atoms with Gasteiger partial charge < -0.3 is 10.0 Å². The van der Waals surface area contributed by atoms with Gasteiger partial charge in [-0.3, -0.25) is 0 Å². The maximum atomic E-state index is 13.8. The predicted octanol–water partition coefficient (Wildman–Crippen LogP) is 4.28. The van der Waals surface area contributed by atoms with Crippen LogP contribution in [-0.2, 0) is 6.61 Å². The van der Waals surface area contributed by atoms with Gasteiger partial charge in [-0.05, 0) is 30.7 Å². The Kier molecular flexibility index (Phi) is 4.78. The van der Waals surface area contributed by atoms with Gasteiger partial charge in [0.05, 0.1) is 12.6 Å². The molecular weight excluding hydrogens is 321 g/mol. The van der Waals surface area contributed by atoms with E-state index in [4.69, 9.17) is 0 Å². The standard InChI is InChI=1S/C16H17BrFNO/c1-11(14-5-3-4-6-16(14)18)19(2)13-8-7-12(10-20)15(17)9-13/h3-9,11,20H,10H2,1-2H3. The van der Waals surface area contributed by atoms with Crippen LogP contribution in [0.15, 0.2) is 46.9 Å². The van der Waals surface area contributed by atoms with E-state index in [-0.39, 0.29) is 18.5 Å². The number of halogens is 2. The molecule has 1 N–H and O–H groups in total. The monoisotopic (exact) mass is 337 g/mol. The normalized spacial score (nSPS) is 12.2. The first-order valence-electron chi connectivity index (χ1n) is 6.41. The first-order valence-corrected chi connectivity index (χ1v) is 7.20. The number of anilines is 1. The van der Waals surface area contributed by atoms with E-state index in [0.29, 0.717) is 5.56 Å². The van der Waals surface area contributed by atoms with Crippen LogP contribution in [0, 0.1) is 5.82 Å². The third-order valence-electron chi connectivity index (χ3n) is 3.55. The number of aliphatic hydroxyl groups excluding tert-OH is 1. The van der Waals surface area contributed by atoms with Gasteiger partial charge in [0.25, 0.3) is 0 Å². The lowest BCUT2D eigenvalue weighted by Crippen LogP contribution is -2.22. The first-order chi connectivity index (χ1) is 9.54. The fourth-order valence-electron chi connectivity index (χ4n) is 2.13. The number of nitrogens with zero attached hydrogens (tertiary/aromatic N) is 1. The Balaban J connectivity index is 2.29. The highest BCUT2D eigenvalue weighted by molar-refractivity contribution is 9.10. The number of aliphatic hydroxyl groups is 1. The van der Waals surface area contributed by atoms with Crippen molar-refractivity contribution in [2.75, 3.05) is 11.9 Å².